The fourth-order valence-corrected chi connectivity index (χ4v) is 1.29. The maximum atomic E-state index is 13.3. The maximum absolute atomic E-state index is 13.3. The zero-order valence-electron chi connectivity index (χ0n) is 9.51. The van der Waals surface area contributed by atoms with Crippen LogP contribution in [0.1, 0.15) is 10.4 Å². The summed E-state index contributed by atoms with van der Waals surface area (Å²) in [5, 5.41) is 20.3. The number of benzene rings is 1. The Balaban J connectivity index is 2.91. The summed E-state index contributed by atoms with van der Waals surface area (Å²) in [6, 6.07) is 2.03. The molecule has 0 aromatic heterocycles. The van der Waals surface area contributed by atoms with Gasteiger partial charge in [0, 0.05) is 0 Å². The average molecular weight is 257 g/mol. The normalized spacial score (nSPS) is 11.7. The minimum absolute atomic E-state index is 0.561. The van der Waals surface area contributed by atoms with Crippen LogP contribution in [0.5, 0.6) is 5.75 Å². The first-order valence-electron chi connectivity index (χ1n) is 4.98. The number of methoxy groups -OCH3 is 1. The molecule has 18 heavy (non-hydrogen) atoms. The van der Waals surface area contributed by atoms with E-state index in [1.54, 1.807) is 0 Å². The maximum Gasteiger partial charge on any atom is 0.330 e. The van der Waals surface area contributed by atoms with Crippen LogP contribution >= 0.6 is 0 Å². The fraction of sp³-hybridized carbons (Fsp3) is 0.273. The van der Waals surface area contributed by atoms with Crippen molar-refractivity contribution in [1.82, 2.24) is 5.32 Å². The molecule has 0 aliphatic heterocycles. The molecular weight excluding hydrogens is 245 g/mol. The van der Waals surface area contributed by atoms with E-state index in [1.807, 2.05) is 0 Å². The molecule has 98 valence electrons. The van der Waals surface area contributed by atoms with Crippen LogP contribution in [0.3, 0.4) is 0 Å². The van der Waals surface area contributed by atoms with E-state index in [4.69, 9.17) is 5.11 Å². The lowest BCUT2D eigenvalue weighted by molar-refractivity contribution is -0.143. The van der Waals surface area contributed by atoms with Crippen LogP contribution in [0.4, 0.5) is 4.39 Å². The number of aliphatic hydroxyl groups excluding tert-OH is 1. The lowest BCUT2D eigenvalue weighted by Gasteiger charge is -2.14. The van der Waals surface area contributed by atoms with Gasteiger partial charge in [-0.1, -0.05) is 6.07 Å². The number of phenols is 1. The topological polar surface area (TPSA) is 95.9 Å². The Hall–Kier alpha value is -2.15. The number of nitrogens with one attached hydrogen (secondary N) is 1. The van der Waals surface area contributed by atoms with Crippen molar-refractivity contribution in [2.24, 2.45) is 0 Å². The fourth-order valence-electron chi connectivity index (χ4n) is 1.29. The summed E-state index contributed by atoms with van der Waals surface area (Å²) in [5.41, 5.74) is -0.597. The summed E-state index contributed by atoms with van der Waals surface area (Å²) in [6.45, 7) is -0.701. The first-order chi connectivity index (χ1) is 8.51. The Kier molecular flexibility index (Phi) is 4.61. The van der Waals surface area contributed by atoms with Gasteiger partial charge in [0.2, 0.25) is 0 Å². The molecule has 0 aliphatic rings. The molecule has 0 radical (unpaired) electrons. The van der Waals surface area contributed by atoms with E-state index < -0.39 is 41.7 Å². The molecular formula is C11H12FNO5. The number of halogens is 1. The summed E-state index contributed by atoms with van der Waals surface area (Å²) in [4.78, 5) is 22.8. The minimum Gasteiger partial charge on any atom is -0.507 e. The van der Waals surface area contributed by atoms with Crippen LogP contribution in [0, 0.1) is 5.82 Å². The zero-order valence-corrected chi connectivity index (χ0v) is 9.51. The van der Waals surface area contributed by atoms with Crippen molar-refractivity contribution in [3.8, 4) is 5.75 Å². The van der Waals surface area contributed by atoms with Gasteiger partial charge in [0.05, 0.1) is 13.7 Å². The molecule has 1 aromatic carbocycles. The van der Waals surface area contributed by atoms with Crippen molar-refractivity contribution in [3.63, 3.8) is 0 Å². The average Bonchev–Trinajstić information content (AvgIpc) is 2.34. The van der Waals surface area contributed by atoms with Crippen molar-refractivity contribution < 1.29 is 28.9 Å². The Labute approximate surface area is 102 Å². The Morgan fingerprint density at radius 3 is 2.67 bits per heavy atom. The van der Waals surface area contributed by atoms with E-state index in [9.17, 15) is 19.1 Å². The van der Waals surface area contributed by atoms with E-state index in [0.717, 1.165) is 19.2 Å². The van der Waals surface area contributed by atoms with Crippen LogP contribution in [0.25, 0.3) is 0 Å². The van der Waals surface area contributed by atoms with Gasteiger partial charge in [-0.3, -0.25) is 4.79 Å². The molecule has 3 N–H and O–H groups in total. The van der Waals surface area contributed by atoms with Crippen LogP contribution in [-0.4, -0.2) is 41.8 Å². The molecule has 6 nitrogen and oxygen atoms in total. The number of amides is 1. The number of aromatic hydroxyl groups is 1. The van der Waals surface area contributed by atoms with Gasteiger partial charge in [-0.25, -0.2) is 9.18 Å². The summed E-state index contributed by atoms with van der Waals surface area (Å²) in [7, 11) is 1.08. The van der Waals surface area contributed by atoms with Gasteiger partial charge in [0.15, 0.2) is 6.04 Å². The third-order valence-electron chi connectivity index (χ3n) is 2.19. The molecule has 1 amide bonds. The molecule has 1 unspecified atom stereocenters. The zero-order chi connectivity index (χ0) is 13.7. The highest BCUT2D eigenvalue weighted by atomic mass is 19.1. The predicted molar refractivity (Wildman–Crippen MR) is 58.4 cm³/mol. The number of aliphatic hydroxyl groups is 1. The van der Waals surface area contributed by atoms with Crippen molar-refractivity contribution >= 4 is 11.9 Å². The van der Waals surface area contributed by atoms with Crippen LogP contribution in [0.2, 0.25) is 0 Å². The lowest BCUT2D eigenvalue weighted by Crippen LogP contribution is -2.44. The summed E-state index contributed by atoms with van der Waals surface area (Å²) >= 11 is 0. The van der Waals surface area contributed by atoms with E-state index in [1.165, 1.54) is 6.07 Å². The quantitative estimate of drug-likeness (QED) is 0.649. The van der Waals surface area contributed by atoms with Crippen molar-refractivity contribution in [2.75, 3.05) is 13.7 Å². The predicted octanol–water partition coefficient (Wildman–Crippen LogP) is -0.205. The molecule has 1 atom stereocenters. The summed E-state index contributed by atoms with van der Waals surface area (Å²) < 4.78 is 17.7. The number of hydrogen-bond acceptors (Lipinski definition) is 5. The molecule has 0 aliphatic carbocycles. The molecule has 1 rings (SSSR count). The van der Waals surface area contributed by atoms with Crippen LogP contribution < -0.4 is 5.32 Å². The second kappa shape index (κ2) is 5.97. The number of esters is 1. The molecule has 0 saturated carbocycles. The molecule has 0 saturated heterocycles. The number of hydrogen-bond donors (Lipinski definition) is 3. The van der Waals surface area contributed by atoms with Crippen molar-refractivity contribution in [2.45, 2.75) is 6.04 Å². The molecule has 0 heterocycles. The number of carbonyl (C=O) groups is 2. The highest BCUT2D eigenvalue weighted by molar-refractivity contribution is 5.99. The van der Waals surface area contributed by atoms with Gasteiger partial charge in [-0.2, -0.15) is 0 Å². The number of carbonyl (C=O) groups excluding carboxylic acids is 2. The summed E-state index contributed by atoms with van der Waals surface area (Å²) in [5.74, 6) is -3.39. The van der Waals surface area contributed by atoms with Gasteiger partial charge in [0.25, 0.3) is 5.91 Å². The van der Waals surface area contributed by atoms with Crippen molar-refractivity contribution in [1.29, 1.82) is 0 Å². The molecule has 7 heteroatoms. The van der Waals surface area contributed by atoms with E-state index in [0.29, 0.717) is 0 Å². The van der Waals surface area contributed by atoms with E-state index in [2.05, 4.69) is 10.1 Å². The highest BCUT2D eigenvalue weighted by Gasteiger charge is 2.24. The van der Waals surface area contributed by atoms with Crippen molar-refractivity contribution in [3.05, 3.63) is 29.6 Å². The smallest absolute Gasteiger partial charge is 0.330 e. The molecule has 1 aromatic rings. The number of rotatable bonds is 4. The third kappa shape index (κ3) is 2.95. The first-order valence-corrected chi connectivity index (χ1v) is 4.98. The van der Waals surface area contributed by atoms with Gasteiger partial charge in [-0.05, 0) is 12.1 Å². The third-order valence-corrected chi connectivity index (χ3v) is 2.19. The lowest BCUT2D eigenvalue weighted by atomic mass is 10.1. The molecule has 0 spiro atoms. The SMILES string of the molecule is COC(=O)C(CO)NC(=O)c1c(O)cccc1F. The highest BCUT2D eigenvalue weighted by Crippen LogP contribution is 2.19. The Morgan fingerprint density at radius 2 is 2.17 bits per heavy atom. The van der Waals surface area contributed by atoms with Gasteiger partial charge in [0.1, 0.15) is 17.1 Å². The minimum atomic E-state index is -1.32. The molecule has 0 bridgehead atoms. The van der Waals surface area contributed by atoms with Gasteiger partial charge >= 0.3 is 5.97 Å². The largest absolute Gasteiger partial charge is 0.507 e. The Morgan fingerprint density at radius 1 is 1.50 bits per heavy atom. The van der Waals surface area contributed by atoms with E-state index >= 15 is 0 Å². The summed E-state index contributed by atoms with van der Waals surface area (Å²) in [6.07, 6.45) is 0. The van der Waals surface area contributed by atoms with Crippen LogP contribution in [-0.2, 0) is 9.53 Å². The Bertz CT molecular complexity index is 442. The number of ether oxygens (including phenoxy) is 1. The standard InChI is InChI=1S/C11H12FNO5/c1-18-11(17)7(5-14)13-10(16)9-6(12)3-2-4-8(9)15/h2-4,7,14-15H,5H2,1H3,(H,13,16). The second-order valence-electron chi connectivity index (χ2n) is 3.37. The van der Waals surface area contributed by atoms with Gasteiger partial charge < -0.3 is 20.3 Å². The van der Waals surface area contributed by atoms with Gasteiger partial charge in [-0.15, -0.1) is 0 Å². The van der Waals surface area contributed by atoms with Crippen LogP contribution in [0.15, 0.2) is 18.2 Å². The monoisotopic (exact) mass is 257 g/mol. The van der Waals surface area contributed by atoms with E-state index in [-0.39, 0.29) is 0 Å². The number of phenolic OH excluding ortho intramolecular Hbond substituents is 1. The molecule has 0 fully saturated rings. The first kappa shape index (κ1) is 13.9. The second-order valence-corrected chi connectivity index (χ2v) is 3.37.